The van der Waals surface area contributed by atoms with Crippen LogP contribution in [0.25, 0.3) is 0 Å². The third-order valence-corrected chi connectivity index (χ3v) is 4.21. The minimum absolute atomic E-state index is 0.118. The predicted molar refractivity (Wildman–Crippen MR) is 85.7 cm³/mol. The van der Waals surface area contributed by atoms with E-state index >= 15 is 0 Å². The van der Waals surface area contributed by atoms with Gasteiger partial charge in [-0.25, -0.2) is 0 Å². The molecule has 0 saturated heterocycles. The Kier molecular flexibility index (Phi) is 3.64. The summed E-state index contributed by atoms with van der Waals surface area (Å²) in [6.45, 7) is -0.118. The van der Waals surface area contributed by atoms with Crippen LogP contribution in [0.1, 0.15) is 47.0 Å². The van der Waals surface area contributed by atoms with E-state index < -0.39 is 23.6 Å². The average molecular weight is 352 g/mol. The van der Waals surface area contributed by atoms with Crippen molar-refractivity contribution >= 4 is 23.6 Å². The number of nitrogens with zero attached hydrogens (tertiary/aromatic N) is 2. The molecule has 4 amide bonds. The van der Waals surface area contributed by atoms with Crippen LogP contribution in [0.3, 0.4) is 0 Å². The fraction of sp³-hybridized carbons (Fsp3) is 0.111. The van der Waals surface area contributed by atoms with Gasteiger partial charge in [-0.2, -0.15) is 0 Å². The number of fused-ring (bicyclic) bond motifs is 2. The zero-order chi connectivity index (χ0) is 18.4. The van der Waals surface area contributed by atoms with Crippen molar-refractivity contribution in [3.8, 4) is 0 Å². The first-order valence-corrected chi connectivity index (χ1v) is 7.69. The predicted octanol–water partition coefficient (Wildman–Crippen LogP) is 1.57. The normalized spacial score (nSPS) is 15.7. The molecule has 0 spiro atoms. The van der Waals surface area contributed by atoms with Crippen LogP contribution in [0.4, 0.5) is 0 Å². The standard InChI is InChI=1S/C18H12N2O6/c1-25-19-15(21)13-7-6-10(8-14(13)18(19)24)9-26-20-16(22)11-4-2-3-5-12(11)17(20)23/h2-8H,9H2,1H3. The fourth-order valence-electron chi connectivity index (χ4n) is 2.94. The zero-order valence-corrected chi connectivity index (χ0v) is 13.6. The number of carbonyl (C=O) groups is 4. The van der Waals surface area contributed by atoms with E-state index in [1.54, 1.807) is 30.3 Å². The summed E-state index contributed by atoms with van der Waals surface area (Å²) in [5.41, 5.74) is 1.49. The smallest absolute Gasteiger partial charge is 0.266 e. The lowest BCUT2D eigenvalue weighted by Gasteiger charge is -2.13. The van der Waals surface area contributed by atoms with Gasteiger partial charge in [0.15, 0.2) is 0 Å². The van der Waals surface area contributed by atoms with Crippen LogP contribution in [0.2, 0.25) is 0 Å². The maximum atomic E-state index is 12.3. The molecule has 0 fully saturated rings. The molecule has 2 aliphatic rings. The topological polar surface area (TPSA) is 93.2 Å². The van der Waals surface area contributed by atoms with Gasteiger partial charge in [-0.15, -0.1) is 10.1 Å². The van der Waals surface area contributed by atoms with Crippen LogP contribution < -0.4 is 0 Å². The molecule has 2 aromatic carbocycles. The zero-order valence-electron chi connectivity index (χ0n) is 13.6. The highest BCUT2D eigenvalue weighted by molar-refractivity contribution is 6.21. The van der Waals surface area contributed by atoms with Crippen LogP contribution in [0.15, 0.2) is 42.5 Å². The summed E-state index contributed by atoms with van der Waals surface area (Å²) in [5.74, 6) is -2.19. The molecule has 0 unspecified atom stereocenters. The number of benzene rings is 2. The van der Waals surface area contributed by atoms with Gasteiger partial charge in [-0.3, -0.25) is 28.9 Å². The maximum absolute atomic E-state index is 12.3. The Balaban J connectivity index is 1.53. The molecule has 0 atom stereocenters. The Morgan fingerprint density at radius 1 is 0.731 bits per heavy atom. The summed E-state index contributed by atoms with van der Waals surface area (Å²) >= 11 is 0. The summed E-state index contributed by atoms with van der Waals surface area (Å²) in [6.07, 6.45) is 0. The molecular formula is C18H12N2O6. The number of imide groups is 2. The van der Waals surface area contributed by atoms with Crippen molar-refractivity contribution in [1.29, 1.82) is 0 Å². The van der Waals surface area contributed by atoms with Crippen molar-refractivity contribution in [3.05, 3.63) is 70.3 Å². The molecule has 0 radical (unpaired) electrons. The molecule has 26 heavy (non-hydrogen) atoms. The van der Waals surface area contributed by atoms with Crippen LogP contribution >= 0.6 is 0 Å². The maximum Gasteiger partial charge on any atom is 0.285 e. The highest BCUT2D eigenvalue weighted by Gasteiger charge is 2.38. The lowest BCUT2D eigenvalue weighted by atomic mass is 10.1. The van der Waals surface area contributed by atoms with Gasteiger partial charge < -0.3 is 0 Å². The van der Waals surface area contributed by atoms with E-state index in [2.05, 4.69) is 0 Å². The first-order valence-electron chi connectivity index (χ1n) is 7.69. The van der Waals surface area contributed by atoms with Gasteiger partial charge in [0, 0.05) is 0 Å². The molecule has 0 saturated carbocycles. The van der Waals surface area contributed by atoms with Gasteiger partial charge in [0.1, 0.15) is 6.61 Å². The molecule has 2 aromatic rings. The van der Waals surface area contributed by atoms with E-state index in [1.807, 2.05) is 0 Å². The molecule has 0 bridgehead atoms. The molecule has 2 heterocycles. The Labute approximate surface area is 147 Å². The van der Waals surface area contributed by atoms with Crippen molar-refractivity contribution in [2.75, 3.05) is 7.11 Å². The van der Waals surface area contributed by atoms with Crippen molar-refractivity contribution in [2.24, 2.45) is 0 Å². The first-order chi connectivity index (χ1) is 12.5. The Morgan fingerprint density at radius 2 is 1.27 bits per heavy atom. The number of hydroxylamine groups is 4. The van der Waals surface area contributed by atoms with E-state index in [9.17, 15) is 19.2 Å². The second-order valence-corrected chi connectivity index (χ2v) is 5.69. The second-order valence-electron chi connectivity index (χ2n) is 5.69. The summed E-state index contributed by atoms with van der Waals surface area (Å²) < 4.78 is 0. The van der Waals surface area contributed by atoms with Crippen molar-refractivity contribution < 1.29 is 28.9 Å². The van der Waals surface area contributed by atoms with Gasteiger partial charge in [-0.05, 0) is 29.8 Å². The molecule has 4 rings (SSSR count). The number of hydrogen-bond donors (Lipinski definition) is 0. The van der Waals surface area contributed by atoms with E-state index in [4.69, 9.17) is 9.68 Å². The van der Waals surface area contributed by atoms with E-state index in [0.29, 0.717) is 15.7 Å². The molecule has 0 N–H and O–H groups in total. The van der Waals surface area contributed by atoms with Crippen LogP contribution in [0, 0.1) is 0 Å². The highest BCUT2D eigenvalue weighted by atomic mass is 16.7. The molecule has 2 aliphatic heterocycles. The van der Waals surface area contributed by atoms with E-state index in [1.165, 1.54) is 19.2 Å². The van der Waals surface area contributed by atoms with Crippen LogP contribution in [0.5, 0.6) is 0 Å². The van der Waals surface area contributed by atoms with Crippen LogP contribution in [-0.4, -0.2) is 40.9 Å². The minimum atomic E-state index is -0.574. The van der Waals surface area contributed by atoms with Gasteiger partial charge in [0.2, 0.25) is 0 Å². The van der Waals surface area contributed by atoms with E-state index in [0.717, 1.165) is 0 Å². The lowest BCUT2D eigenvalue weighted by molar-refractivity contribution is -0.101. The largest absolute Gasteiger partial charge is 0.285 e. The van der Waals surface area contributed by atoms with Gasteiger partial charge in [-0.1, -0.05) is 18.2 Å². The fourth-order valence-corrected chi connectivity index (χ4v) is 2.94. The van der Waals surface area contributed by atoms with Crippen molar-refractivity contribution in [3.63, 3.8) is 0 Å². The monoisotopic (exact) mass is 352 g/mol. The van der Waals surface area contributed by atoms with E-state index in [-0.39, 0.29) is 28.9 Å². The number of amides is 4. The van der Waals surface area contributed by atoms with Crippen LogP contribution in [-0.2, 0) is 16.3 Å². The molecule has 8 nitrogen and oxygen atoms in total. The van der Waals surface area contributed by atoms with Gasteiger partial charge in [0.25, 0.3) is 23.6 Å². The Bertz CT molecular complexity index is 948. The SMILES string of the molecule is CON1C(=O)c2ccc(CON3C(=O)c4ccccc4C3=O)cc2C1=O. The quantitative estimate of drug-likeness (QED) is 0.776. The summed E-state index contributed by atoms with van der Waals surface area (Å²) in [7, 11) is 1.23. The Morgan fingerprint density at radius 3 is 1.88 bits per heavy atom. The molecule has 130 valence electrons. The molecular weight excluding hydrogens is 340 g/mol. The number of hydrogen-bond acceptors (Lipinski definition) is 6. The van der Waals surface area contributed by atoms with Crippen molar-refractivity contribution in [1.82, 2.24) is 10.1 Å². The summed E-state index contributed by atoms with van der Waals surface area (Å²) in [6, 6.07) is 11.0. The second kappa shape index (κ2) is 5.87. The molecule has 0 aliphatic carbocycles. The third kappa shape index (κ3) is 2.24. The van der Waals surface area contributed by atoms with Crippen molar-refractivity contribution in [2.45, 2.75) is 6.61 Å². The minimum Gasteiger partial charge on any atom is -0.266 e. The average Bonchev–Trinajstić information content (AvgIpc) is 3.05. The highest BCUT2D eigenvalue weighted by Crippen LogP contribution is 2.26. The van der Waals surface area contributed by atoms with Gasteiger partial charge in [0.05, 0.1) is 29.4 Å². The lowest BCUT2D eigenvalue weighted by Crippen LogP contribution is -2.29. The first kappa shape index (κ1) is 16.1. The Hall–Kier alpha value is -3.36. The number of rotatable bonds is 4. The molecule has 8 heteroatoms. The summed E-state index contributed by atoms with van der Waals surface area (Å²) in [5, 5.41) is 1.37. The molecule has 0 aromatic heterocycles. The number of carbonyl (C=O) groups excluding carboxylic acids is 4. The summed E-state index contributed by atoms with van der Waals surface area (Å²) in [4.78, 5) is 58.7. The third-order valence-electron chi connectivity index (χ3n) is 4.21. The van der Waals surface area contributed by atoms with Gasteiger partial charge >= 0.3 is 0 Å².